The zero-order valence-electron chi connectivity index (χ0n) is 16.1. The van der Waals surface area contributed by atoms with Crippen molar-refractivity contribution in [3.05, 3.63) is 59.7 Å². The maximum atomic E-state index is 12.9. The number of esters is 1. The van der Waals surface area contributed by atoms with Gasteiger partial charge in [0, 0.05) is 0 Å². The van der Waals surface area contributed by atoms with Gasteiger partial charge in [0.2, 0.25) is 10.0 Å². The molecule has 0 fully saturated rings. The SMILES string of the molecule is COC(=O)C(C)(C)C(NS(=O)(=O)c1ccc(C)cc1)c1ccc(OC)cc1. The van der Waals surface area contributed by atoms with Crippen molar-refractivity contribution in [3.63, 3.8) is 0 Å². The van der Waals surface area contributed by atoms with Crippen LogP contribution in [0.25, 0.3) is 0 Å². The number of methoxy groups -OCH3 is 2. The van der Waals surface area contributed by atoms with Crippen LogP contribution in [0.15, 0.2) is 53.4 Å². The molecule has 0 aromatic heterocycles. The Bertz CT molecular complexity index is 887. The lowest BCUT2D eigenvalue weighted by molar-refractivity contribution is -0.152. The Morgan fingerprint density at radius 3 is 2.04 bits per heavy atom. The van der Waals surface area contributed by atoms with Gasteiger partial charge >= 0.3 is 5.97 Å². The number of benzene rings is 2. The van der Waals surface area contributed by atoms with E-state index in [9.17, 15) is 13.2 Å². The van der Waals surface area contributed by atoms with E-state index >= 15 is 0 Å². The van der Waals surface area contributed by atoms with Crippen LogP contribution in [-0.4, -0.2) is 28.6 Å². The van der Waals surface area contributed by atoms with E-state index in [0.29, 0.717) is 11.3 Å². The molecule has 0 amide bonds. The predicted octanol–water partition coefficient (Wildman–Crippen LogP) is 3.22. The van der Waals surface area contributed by atoms with Crippen LogP contribution in [0.1, 0.15) is 31.0 Å². The van der Waals surface area contributed by atoms with Crippen LogP contribution in [0, 0.1) is 12.3 Å². The van der Waals surface area contributed by atoms with Crippen molar-refractivity contribution < 1.29 is 22.7 Å². The molecule has 0 saturated heterocycles. The molecule has 0 aliphatic carbocycles. The molecule has 2 aromatic rings. The lowest BCUT2D eigenvalue weighted by atomic mass is 9.81. The van der Waals surface area contributed by atoms with Crippen LogP contribution in [0.2, 0.25) is 0 Å². The molecule has 0 bridgehead atoms. The molecule has 0 heterocycles. The minimum Gasteiger partial charge on any atom is -0.497 e. The van der Waals surface area contributed by atoms with Crippen molar-refractivity contribution in [2.45, 2.75) is 31.7 Å². The maximum Gasteiger partial charge on any atom is 0.313 e. The Labute approximate surface area is 160 Å². The largest absolute Gasteiger partial charge is 0.497 e. The van der Waals surface area contributed by atoms with Crippen LogP contribution in [-0.2, 0) is 19.6 Å². The lowest BCUT2D eigenvalue weighted by Crippen LogP contribution is -2.43. The molecule has 146 valence electrons. The normalized spacial score (nSPS) is 13.1. The Kier molecular flexibility index (Phi) is 6.28. The molecular weight excluding hydrogens is 366 g/mol. The first kappa shape index (κ1) is 20.9. The predicted molar refractivity (Wildman–Crippen MR) is 103 cm³/mol. The highest BCUT2D eigenvalue weighted by atomic mass is 32.2. The van der Waals surface area contributed by atoms with E-state index in [-0.39, 0.29) is 4.90 Å². The molecule has 27 heavy (non-hydrogen) atoms. The summed E-state index contributed by atoms with van der Waals surface area (Å²) in [6, 6.07) is 12.6. The monoisotopic (exact) mass is 391 g/mol. The molecule has 0 spiro atoms. The molecule has 0 aliphatic rings. The summed E-state index contributed by atoms with van der Waals surface area (Å²) in [5.74, 6) is 0.115. The van der Waals surface area contributed by atoms with Crippen LogP contribution in [0.4, 0.5) is 0 Å². The molecule has 6 nitrogen and oxygen atoms in total. The van der Waals surface area contributed by atoms with Crippen LogP contribution in [0.3, 0.4) is 0 Å². The number of aryl methyl sites for hydroxylation is 1. The van der Waals surface area contributed by atoms with Gasteiger partial charge in [-0.3, -0.25) is 4.79 Å². The number of carbonyl (C=O) groups is 1. The third-order valence-electron chi connectivity index (χ3n) is 4.49. The van der Waals surface area contributed by atoms with Gasteiger partial charge in [-0.1, -0.05) is 29.8 Å². The molecule has 0 aliphatic heterocycles. The van der Waals surface area contributed by atoms with E-state index in [2.05, 4.69) is 4.72 Å². The number of nitrogens with one attached hydrogen (secondary N) is 1. The zero-order valence-corrected chi connectivity index (χ0v) is 17.0. The topological polar surface area (TPSA) is 81.7 Å². The zero-order chi connectivity index (χ0) is 20.2. The molecule has 7 heteroatoms. The van der Waals surface area contributed by atoms with Crippen molar-refractivity contribution in [1.29, 1.82) is 0 Å². The maximum absolute atomic E-state index is 12.9. The minimum absolute atomic E-state index is 0.132. The number of ether oxygens (including phenoxy) is 2. The average Bonchev–Trinajstić information content (AvgIpc) is 2.65. The van der Waals surface area contributed by atoms with Gasteiger partial charge in [0.1, 0.15) is 5.75 Å². The number of rotatable bonds is 7. The number of carbonyl (C=O) groups excluding carboxylic acids is 1. The molecule has 0 radical (unpaired) electrons. The third-order valence-corrected chi connectivity index (χ3v) is 5.93. The molecule has 1 atom stereocenters. The van der Waals surface area contributed by atoms with Crippen molar-refractivity contribution in [1.82, 2.24) is 4.72 Å². The Balaban J connectivity index is 2.48. The van der Waals surface area contributed by atoms with Crippen LogP contribution in [0.5, 0.6) is 5.75 Å². The molecule has 2 aromatic carbocycles. The highest BCUT2D eigenvalue weighted by Gasteiger charge is 2.41. The summed E-state index contributed by atoms with van der Waals surface area (Å²) in [7, 11) is -1.03. The van der Waals surface area contributed by atoms with Crippen LogP contribution < -0.4 is 9.46 Å². The van der Waals surface area contributed by atoms with Crippen molar-refractivity contribution >= 4 is 16.0 Å². The van der Waals surface area contributed by atoms with Gasteiger partial charge in [0.25, 0.3) is 0 Å². The Morgan fingerprint density at radius 1 is 1.00 bits per heavy atom. The second-order valence-corrected chi connectivity index (χ2v) is 8.57. The van der Waals surface area contributed by atoms with Gasteiger partial charge in [-0.15, -0.1) is 0 Å². The third kappa shape index (κ3) is 4.67. The van der Waals surface area contributed by atoms with Crippen molar-refractivity contribution in [3.8, 4) is 5.75 Å². The van der Waals surface area contributed by atoms with Crippen LogP contribution >= 0.6 is 0 Å². The number of sulfonamides is 1. The highest BCUT2D eigenvalue weighted by Crippen LogP contribution is 2.36. The summed E-state index contributed by atoms with van der Waals surface area (Å²) in [6.07, 6.45) is 0. The second-order valence-electron chi connectivity index (χ2n) is 6.85. The molecule has 1 N–H and O–H groups in total. The van der Waals surface area contributed by atoms with E-state index in [1.165, 1.54) is 19.2 Å². The van der Waals surface area contributed by atoms with Crippen molar-refractivity contribution in [2.75, 3.05) is 14.2 Å². The smallest absolute Gasteiger partial charge is 0.313 e. The number of hydrogen-bond acceptors (Lipinski definition) is 5. The van der Waals surface area contributed by atoms with Gasteiger partial charge in [0.05, 0.1) is 30.6 Å². The molecule has 1 unspecified atom stereocenters. The standard InChI is InChI=1S/C20H25NO5S/c1-14-6-12-17(13-7-14)27(23,24)21-18(20(2,3)19(22)26-5)15-8-10-16(25-4)11-9-15/h6-13,18,21H,1-5H3. The summed E-state index contributed by atoms with van der Waals surface area (Å²) >= 11 is 0. The van der Waals surface area contributed by atoms with Gasteiger partial charge in [-0.05, 0) is 50.6 Å². The van der Waals surface area contributed by atoms with E-state index in [1.807, 2.05) is 6.92 Å². The summed E-state index contributed by atoms with van der Waals surface area (Å²) in [4.78, 5) is 12.5. The summed E-state index contributed by atoms with van der Waals surface area (Å²) in [5, 5.41) is 0. The van der Waals surface area contributed by atoms with E-state index in [1.54, 1.807) is 57.4 Å². The molecule has 0 saturated carbocycles. The second kappa shape index (κ2) is 8.10. The summed E-state index contributed by atoms with van der Waals surface area (Å²) in [5.41, 5.74) is 0.443. The minimum atomic E-state index is -3.85. The van der Waals surface area contributed by atoms with Gasteiger partial charge in [-0.2, -0.15) is 0 Å². The van der Waals surface area contributed by atoms with Gasteiger partial charge < -0.3 is 9.47 Å². The quantitative estimate of drug-likeness (QED) is 0.733. The Morgan fingerprint density at radius 2 is 1.56 bits per heavy atom. The fourth-order valence-electron chi connectivity index (χ4n) is 2.75. The first-order valence-corrected chi connectivity index (χ1v) is 9.91. The summed E-state index contributed by atoms with van der Waals surface area (Å²) in [6.45, 7) is 5.17. The highest BCUT2D eigenvalue weighted by molar-refractivity contribution is 7.89. The van der Waals surface area contributed by atoms with E-state index < -0.39 is 27.4 Å². The van der Waals surface area contributed by atoms with E-state index in [4.69, 9.17) is 9.47 Å². The lowest BCUT2D eigenvalue weighted by Gasteiger charge is -2.32. The van der Waals surface area contributed by atoms with Gasteiger partial charge in [-0.25, -0.2) is 13.1 Å². The van der Waals surface area contributed by atoms with Crippen molar-refractivity contribution in [2.24, 2.45) is 5.41 Å². The first-order valence-electron chi connectivity index (χ1n) is 8.43. The number of hydrogen-bond donors (Lipinski definition) is 1. The molecule has 2 rings (SSSR count). The Hall–Kier alpha value is -2.38. The average molecular weight is 391 g/mol. The van der Waals surface area contributed by atoms with E-state index in [0.717, 1.165) is 5.56 Å². The van der Waals surface area contributed by atoms with Gasteiger partial charge in [0.15, 0.2) is 0 Å². The molecular formula is C20H25NO5S. The fraction of sp³-hybridized carbons (Fsp3) is 0.350. The first-order chi connectivity index (χ1) is 12.6. The fourth-order valence-corrected chi connectivity index (χ4v) is 4.12. The summed E-state index contributed by atoms with van der Waals surface area (Å²) < 4.78 is 38.6.